The summed E-state index contributed by atoms with van der Waals surface area (Å²) in [6.45, 7) is 4.11. The summed E-state index contributed by atoms with van der Waals surface area (Å²) in [5, 5.41) is 10.8. The Morgan fingerprint density at radius 3 is 2.58 bits per heavy atom. The largest absolute Gasteiger partial charge is 0.368 e. The second-order valence-corrected chi connectivity index (χ2v) is 4.56. The summed E-state index contributed by atoms with van der Waals surface area (Å²) < 4.78 is 0. The Labute approximate surface area is 110 Å². The van der Waals surface area contributed by atoms with Gasteiger partial charge in [0.1, 0.15) is 5.82 Å². The lowest BCUT2D eigenvalue weighted by atomic mass is 10.1. The molecule has 0 aliphatic heterocycles. The number of nitrogens with one attached hydrogen (secondary N) is 2. The average Bonchev–Trinajstić information content (AvgIpc) is 2.75. The van der Waals surface area contributed by atoms with Crippen molar-refractivity contribution in [2.24, 2.45) is 0 Å². The molecule has 2 aromatic heterocycles. The lowest BCUT2D eigenvalue weighted by Crippen LogP contribution is -2.01. The summed E-state index contributed by atoms with van der Waals surface area (Å²) >= 11 is 0. The molecule has 6 nitrogen and oxygen atoms in total. The molecule has 0 fully saturated rings. The molecule has 6 heteroatoms. The Morgan fingerprint density at radius 2 is 1.84 bits per heavy atom. The smallest absolute Gasteiger partial charge is 0.224 e. The lowest BCUT2D eigenvalue weighted by molar-refractivity contribution is 1.09. The van der Waals surface area contributed by atoms with E-state index in [0.717, 1.165) is 11.1 Å². The van der Waals surface area contributed by atoms with Gasteiger partial charge in [-0.25, -0.2) is 0 Å². The molecule has 4 N–H and O–H groups in total. The predicted octanol–water partition coefficient (Wildman–Crippen LogP) is 2.30. The number of aryl methyl sites for hydroxylation is 2. The number of H-pyrrole nitrogens is 1. The van der Waals surface area contributed by atoms with E-state index in [9.17, 15) is 0 Å². The topological polar surface area (TPSA) is 92.5 Å². The van der Waals surface area contributed by atoms with Gasteiger partial charge < -0.3 is 11.1 Å². The van der Waals surface area contributed by atoms with Crippen LogP contribution >= 0.6 is 0 Å². The zero-order chi connectivity index (χ0) is 13.4. The third kappa shape index (κ3) is 2.20. The van der Waals surface area contributed by atoms with Gasteiger partial charge in [-0.3, -0.25) is 5.10 Å². The summed E-state index contributed by atoms with van der Waals surface area (Å²) in [5.41, 5.74) is 9.66. The number of rotatable bonds is 2. The highest BCUT2D eigenvalue weighted by Gasteiger charge is 2.08. The summed E-state index contributed by atoms with van der Waals surface area (Å²) in [4.78, 5) is 8.31. The molecule has 1 aromatic carbocycles. The first-order valence-electron chi connectivity index (χ1n) is 5.94. The monoisotopic (exact) mass is 254 g/mol. The molecule has 3 aromatic rings. The van der Waals surface area contributed by atoms with Crippen LogP contribution < -0.4 is 11.1 Å². The van der Waals surface area contributed by atoms with Crippen molar-refractivity contribution in [3.05, 3.63) is 35.5 Å². The minimum absolute atomic E-state index is 0.212. The fourth-order valence-corrected chi connectivity index (χ4v) is 2.13. The number of nitrogens with zero attached hydrogens (tertiary/aromatic N) is 3. The van der Waals surface area contributed by atoms with Crippen molar-refractivity contribution in [3.63, 3.8) is 0 Å². The van der Waals surface area contributed by atoms with Crippen molar-refractivity contribution in [1.29, 1.82) is 0 Å². The molecular formula is C13H14N6. The first-order chi connectivity index (χ1) is 9.11. The van der Waals surface area contributed by atoms with Gasteiger partial charge in [-0.1, -0.05) is 6.07 Å². The van der Waals surface area contributed by atoms with Crippen LogP contribution in [0.3, 0.4) is 0 Å². The van der Waals surface area contributed by atoms with Crippen LogP contribution in [0.25, 0.3) is 11.0 Å². The number of hydrogen-bond donors (Lipinski definition) is 3. The molecule has 0 unspecified atom stereocenters. The van der Waals surface area contributed by atoms with Crippen molar-refractivity contribution < 1.29 is 0 Å². The third-order valence-corrected chi connectivity index (χ3v) is 2.81. The zero-order valence-corrected chi connectivity index (χ0v) is 10.7. The van der Waals surface area contributed by atoms with Gasteiger partial charge in [-0.2, -0.15) is 15.1 Å². The zero-order valence-electron chi connectivity index (χ0n) is 10.7. The molecule has 0 radical (unpaired) electrons. The number of anilines is 3. The predicted molar refractivity (Wildman–Crippen MR) is 75.3 cm³/mol. The van der Waals surface area contributed by atoms with E-state index in [0.29, 0.717) is 11.5 Å². The minimum atomic E-state index is 0.212. The summed E-state index contributed by atoms with van der Waals surface area (Å²) in [6, 6.07) is 6.22. The van der Waals surface area contributed by atoms with Gasteiger partial charge in [-0.15, -0.1) is 0 Å². The van der Waals surface area contributed by atoms with E-state index in [4.69, 9.17) is 5.73 Å². The van der Waals surface area contributed by atoms with E-state index in [1.807, 2.05) is 0 Å². The Bertz CT molecular complexity index is 726. The molecule has 0 saturated heterocycles. The maximum absolute atomic E-state index is 5.69. The number of nitrogens with two attached hydrogens (primary N) is 1. The fourth-order valence-electron chi connectivity index (χ4n) is 2.13. The number of hydrogen-bond acceptors (Lipinski definition) is 5. The van der Waals surface area contributed by atoms with Gasteiger partial charge in [0.2, 0.25) is 5.95 Å². The van der Waals surface area contributed by atoms with Crippen molar-refractivity contribution in [2.45, 2.75) is 13.8 Å². The second-order valence-electron chi connectivity index (χ2n) is 4.56. The van der Waals surface area contributed by atoms with Crippen LogP contribution in [0.4, 0.5) is 17.5 Å². The average molecular weight is 254 g/mol. The van der Waals surface area contributed by atoms with Crippen molar-refractivity contribution >= 4 is 28.5 Å². The molecule has 0 amide bonds. The molecule has 0 aliphatic carbocycles. The third-order valence-electron chi connectivity index (χ3n) is 2.81. The van der Waals surface area contributed by atoms with Gasteiger partial charge in [0.25, 0.3) is 0 Å². The fraction of sp³-hybridized carbons (Fsp3) is 0.154. The maximum Gasteiger partial charge on any atom is 0.224 e. The number of nitrogen functional groups attached to an aromatic ring is 1. The highest BCUT2D eigenvalue weighted by Crippen LogP contribution is 2.24. The minimum Gasteiger partial charge on any atom is -0.368 e. The maximum atomic E-state index is 5.69. The molecule has 2 heterocycles. The van der Waals surface area contributed by atoms with Crippen LogP contribution in [0, 0.1) is 13.8 Å². The van der Waals surface area contributed by atoms with E-state index >= 15 is 0 Å². The molecule has 0 aliphatic rings. The molecule has 0 bridgehead atoms. The Kier molecular flexibility index (Phi) is 2.56. The first kappa shape index (κ1) is 11.5. The highest BCUT2D eigenvalue weighted by molar-refractivity contribution is 5.88. The van der Waals surface area contributed by atoms with Crippen molar-refractivity contribution in [3.8, 4) is 0 Å². The van der Waals surface area contributed by atoms with Crippen molar-refractivity contribution in [2.75, 3.05) is 11.1 Å². The normalized spacial score (nSPS) is 10.8. The van der Waals surface area contributed by atoms with Crippen LogP contribution in [-0.4, -0.2) is 20.2 Å². The SMILES string of the molecule is Cc1cc(C)cc(Nc2nc(N)nc3[nH]ncc23)c1. The molecule has 3 rings (SSSR count). The van der Waals surface area contributed by atoms with Crippen LogP contribution in [0.5, 0.6) is 0 Å². The van der Waals surface area contributed by atoms with Crippen LogP contribution in [0.15, 0.2) is 24.4 Å². The molecular weight excluding hydrogens is 240 g/mol. The van der Waals surface area contributed by atoms with Gasteiger partial charge in [0.05, 0.1) is 11.6 Å². The van der Waals surface area contributed by atoms with Gasteiger partial charge in [0, 0.05) is 5.69 Å². The first-order valence-corrected chi connectivity index (χ1v) is 5.94. The summed E-state index contributed by atoms with van der Waals surface area (Å²) in [7, 11) is 0. The Hall–Kier alpha value is -2.63. The Morgan fingerprint density at radius 1 is 1.11 bits per heavy atom. The molecule has 0 spiro atoms. The van der Waals surface area contributed by atoms with Crippen LogP contribution in [0.1, 0.15) is 11.1 Å². The van der Waals surface area contributed by atoms with Crippen LogP contribution in [0.2, 0.25) is 0 Å². The highest BCUT2D eigenvalue weighted by atomic mass is 15.2. The lowest BCUT2D eigenvalue weighted by Gasteiger charge is -2.09. The number of aromatic amines is 1. The van der Waals surface area contributed by atoms with Gasteiger partial charge in [-0.05, 0) is 37.1 Å². The second kappa shape index (κ2) is 4.24. The number of aromatic nitrogens is 4. The number of fused-ring (bicyclic) bond motifs is 1. The standard InChI is InChI=1S/C13H14N6/c1-7-3-8(2)5-9(4-7)16-11-10-6-15-19-12(10)18-13(14)17-11/h3-6H,1-2H3,(H4,14,15,16,17,18,19). The number of benzene rings is 1. The van der Waals surface area contributed by atoms with E-state index < -0.39 is 0 Å². The molecule has 0 saturated carbocycles. The summed E-state index contributed by atoms with van der Waals surface area (Å²) in [6.07, 6.45) is 1.68. The quantitative estimate of drug-likeness (QED) is 0.652. The molecule has 19 heavy (non-hydrogen) atoms. The van der Waals surface area contributed by atoms with E-state index in [1.54, 1.807) is 6.20 Å². The van der Waals surface area contributed by atoms with Gasteiger partial charge >= 0.3 is 0 Å². The van der Waals surface area contributed by atoms with E-state index in [2.05, 4.69) is 57.5 Å². The molecule has 96 valence electrons. The van der Waals surface area contributed by atoms with Gasteiger partial charge in [0.15, 0.2) is 5.65 Å². The Balaban J connectivity index is 2.07. The molecule has 0 atom stereocenters. The van der Waals surface area contributed by atoms with E-state index in [-0.39, 0.29) is 5.95 Å². The summed E-state index contributed by atoms with van der Waals surface area (Å²) in [5.74, 6) is 0.866. The van der Waals surface area contributed by atoms with Crippen LogP contribution in [-0.2, 0) is 0 Å². The van der Waals surface area contributed by atoms with Crippen molar-refractivity contribution in [1.82, 2.24) is 20.2 Å². The van der Waals surface area contributed by atoms with E-state index in [1.165, 1.54) is 11.1 Å².